The van der Waals surface area contributed by atoms with Crippen molar-refractivity contribution in [2.75, 3.05) is 20.2 Å². The number of methoxy groups -OCH3 is 1. The van der Waals surface area contributed by atoms with Crippen molar-refractivity contribution in [3.63, 3.8) is 0 Å². The van der Waals surface area contributed by atoms with Gasteiger partial charge in [-0.05, 0) is 30.7 Å². The molecule has 0 N–H and O–H groups in total. The van der Waals surface area contributed by atoms with Crippen molar-refractivity contribution < 1.29 is 9.53 Å². The summed E-state index contributed by atoms with van der Waals surface area (Å²) in [5.74, 6) is 1.34. The zero-order valence-corrected chi connectivity index (χ0v) is 15.4. The van der Waals surface area contributed by atoms with Gasteiger partial charge in [0.2, 0.25) is 11.6 Å². The van der Waals surface area contributed by atoms with Crippen LogP contribution in [0.5, 0.6) is 5.88 Å². The highest BCUT2D eigenvalue weighted by Crippen LogP contribution is 2.25. The van der Waals surface area contributed by atoms with Crippen LogP contribution in [0.15, 0.2) is 24.3 Å². The van der Waals surface area contributed by atoms with Gasteiger partial charge in [0, 0.05) is 13.1 Å². The number of amides is 1. The van der Waals surface area contributed by atoms with E-state index in [1.165, 1.54) is 5.56 Å². The number of hydrogen-bond acceptors (Lipinski definition) is 4. The molecule has 1 saturated heterocycles. The van der Waals surface area contributed by atoms with Crippen molar-refractivity contribution in [2.45, 2.75) is 33.7 Å². The summed E-state index contributed by atoms with van der Waals surface area (Å²) in [5, 5.41) is 8.28. The number of carbonyl (C=O) groups excluding carboxylic acids is 1. The van der Waals surface area contributed by atoms with Crippen LogP contribution in [0.2, 0.25) is 0 Å². The predicted molar refractivity (Wildman–Crippen MR) is 95.7 cm³/mol. The average Bonchev–Trinajstić information content (AvgIpc) is 2.98. The second-order valence-corrected chi connectivity index (χ2v) is 7.25. The molecule has 1 aliphatic heterocycles. The quantitative estimate of drug-likeness (QED) is 0.857. The Bertz CT molecular complexity index is 728. The summed E-state index contributed by atoms with van der Waals surface area (Å²) in [6.07, 6.45) is 1.15. The minimum Gasteiger partial charge on any atom is -0.479 e. The standard InChI is InChI=1S/C19H26N4O2/c1-13-5-7-16(8-6-13)12-23-19(25-4)17(20-21-23)18(24)22-10-14(2)9-15(3)11-22/h5-8,14-15H,9-12H2,1-4H3/t14-,15-/m1/s1. The predicted octanol–water partition coefficient (Wildman–Crippen LogP) is 2.76. The van der Waals surface area contributed by atoms with Crippen molar-refractivity contribution in [2.24, 2.45) is 11.8 Å². The zero-order valence-electron chi connectivity index (χ0n) is 15.4. The molecule has 25 heavy (non-hydrogen) atoms. The van der Waals surface area contributed by atoms with Crippen LogP contribution in [0.4, 0.5) is 0 Å². The van der Waals surface area contributed by atoms with E-state index in [9.17, 15) is 4.79 Å². The second-order valence-electron chi connectivity index (χ2n) is 7.25. The van der Waals surface area contributed by atoms with Crippen LogP contribution in [-0.2, 0) is 6.54 Å². The average molecular weight is 342 g/mol. The van der Waals surface area contributed by atoms with E-state index in [2.05, 4.69) is 43.2 Å². The van der Waals surface area contributed by atoms with E-state index >= 15 is 0 Å². The van der Waals surface area contributed by atoms with Crippen LogP contribution in [0.25, 0.3) is 0 Å². The number of ether oxygens (including phenoxy) is 1. The van der Waals surface area contributed by atoms with E-state index in [0.29, 0.717) is 30.0 Å². The Labute approximate surface area is 148 Å². The van der Waals surface area contributed by atoms with Gasteiger partial charge >= 0.3 is 0 Å². The molecule has 0 saturated carbocycles. The molecule has 1 fully saturated rings. The summed E-state index contributed by atoms with van der Waals surface area (Å²) < 4.78 is 7.12. The fourth-order valence-electron chi connectivity index (χ4n) is 3.59. The van der Waals surface area contributed by atoms with Crippen molar-refractivity contribution in [1.82, 2.24) is 19.9 Å². The zero-order chi connectivity index (χ0) is 18.0. The molecule has 0 bridgehead atoms. The Morgan fingerprint density at radius 3 is 2.44 bits per heavy atom. The molecule has 2 heterocycles. The molecule has 1 aromatic heterocycles. The smallest absolute Gasteiger partial charge is 0.280 e. The molecule has 6 heteroatoms. The van der Waals surface area contributed by atoms with Gasteiger partial charge in [0.15, 0.2) is 0 Å². The van der Waals surface area contributed by atoms with Gasteiger partial charge < -0.3 is 9.64 Å². The SMILES string of the molecule is COc1c(C(=O)N2C[C@H](C)C[C@@H](C)C2)nnn1Cc1ccc(C)cc1. The number of likely N-dealkylation sites (tertiary alicyclic amines) is 1. The van der Waals surface area contributed by atoms with E-state index in [1.54, 1.807) is 11.8 Å². The fourth-order valence-corrected chi connectivity index (χ4v) is 3.59. The van der Waals surface area contributed by atoms with Gasteiger partial charge in [0.25, 0.3) is 5.91 Å². The first kappa shape index (κ1) is 17.5. The first-order valence-electron chi connectivity index (χ1n) is 8.80. The van der Waals surface area contributed by atoms with Gasteiger partial charge in [-0.2, -0.15) is 0 Å². The van der Waals surface area contributed by atoms with Gasteiger partial charge in [-0.3, -0.25) is 4.79 Å². The van der Waals surface area contributed by atoms with Gasteiger partial charge in [-0.15, -0.1) is 5.10 Å². The third-order valence-electron chi connectivity index (χ3n) is 4.69. The molecule has 6 nitrogen and oxygen atoms in total. The maximum absolute atomic E-state index is 12.9. The second kappa shape index (κ2) is 7.25. The molecule has 0 spiro atoms. The third-order valence-corrected chi connectivity index (χ3v) is 4.69. The lowest BCUT2D eigenvalue weighted by atomic mass is 9.92. The Kier molecular flexibility index (Phi) is 5.06. The lowest BCUT2D eigenvalue weighted by Gasteiger charge is -2.34. The highest BCUT2D eigenvalue weighted by molar-refractivity contribution is 5.94. The maximum Gasteiger partial charge on any atom is 0.280 e. The van der Waals surface area contributed by atoms with E-state index < -0.39 is 0 Å². The maximum atomic E-state index is 12.9. The Morgan fingerprint density at radius 1 is 1.20 bits per heavy atom. The molecule has 2 aromatic rings. The minimum absolute atomic E-state index is 0.0922. The summed E-state index contributed by atoms with van der Waals surface area (Å²) in [5.41, 5.74) is 2.60. The Balaban J connectivity index is 1.81. The van der Waals surface area contributed by atoms with Crippen molar-refractivity contribution in [3.8, 4) is 5.88 Å². The van der Waals surface area contributed by atoms with Crippen LogP contribution < -0.4 is 4.74 Å². The molecule has 1 aliphatic rings. The van der Waals surface area contributed by atoms with Crippen LogP contribution in [0, 0.1) is 18.8 Å². The number of rotatable bonds is 4. The van der Waals surface area contributed by atoms with Crippen molar-refractivity contribution in [1.29, 1.82) is 0 Å². The number of aryl methyl sites for hydroxylation is 1. The van der Waals surface area contributed by atoms with E-state index in [4.69, 9.17) is 4.74 Å². The van der Waals surface area contributed by atoms with Crippen LogP contribution in [0.1, 0.15) is 41.9 Å². The van der Waals surface area contributed by atoms with E-state index in [-0.39, 0.29) is 5.91 Å². The first-order chi connectivity index (χ1) is 12.0. The molecule has 1 aromatic carbocycles. The van der Waals surface area contributed by atoms with Crippen molar-refractivity contribution in [3.05, 3.63) is 41.1 Å². The monoisotopic (exact) mass is 342 g/mol. The summed E-state index contributed by atoms with van der Waals surface area (Å²) in [7, 11) is 1.56. The first-order valence-corrected chi connectivity index (χ1v) is 8.80. The Morgan fingerprint density at radius 2 is 1.84 bits per heavy atom. The minimum atomic E-state index is -0.0922. The molecule has 3 rings (SSSR count). The van der Waals surface area contributed by atoms with Crippen LogP contribution in [0.3, 0.4) is 0 Å². The number of nitrogens with zero attached hydrogens (tertiary/aromatic N) is 4. The van der Waals surface area contributed by atoms with Gasteiger partial charge in [-0.1, -0.05) is 48.9 Å². The van der Waals surface area contributed by atoms with Crippen LogP contribution >= 0.6 is 0 Å². The van der Waals surface area contributed by atoms with E-state index in [0.717, 1.165) is 25.1 Å². The largest absolute Gasteiger partial charge is 0.479 e. The normalized spacial score (nSPS) is 20.6. The lowest BCUT2D eigenvalue weighted by Crippen LogP contribution is -2.42. The number of aromatic nitrogens is 3. The lowest BCUT2D eigenvalue weighted by molar-refractivity contribution is 0.0613. The number of hydrogen-bond donors (Lipinski definition) is 0. The highest BCUT2D eigenvalue weighted by atomic mass is 16.5. The Hall–Kier alpha value is -2.37. The number of benzene rings is 1. The molecule has 0 unspecified atom stereocenters. The third kappa shape index (κ3) is 3.83. The van der Waals surface area contributed by atoms with Crippen molar-refractivity contribution >= 4 is 5.91 Å². The summed E-state index contributed by atoms with van der Waals surface area (Å²) in [6.45, 7) is 8.46. The van der Waals surface area contributed by atoms with Gasteiger partial charge in [0.05, 0.1) is 13.7 Å². The fraction of sp³-hybridized carbons (Fsp3) is 0.526. The molecular weight excluding hydrogens is 316 g/mol. The summed E-state index contributed by atoms with van der Waals surface area (Å²) in [6, 6.07) is 8.21. The molecule has 0 radical (unpaired) electrons. The molecular formula is C19H26N4O2. The van der Waals surface area contributed by atoms with Gasteiger partial charge in [0.1, 0.15) is 0 Å². The molecule has 134 valence electrons. The molecule has 2 atom stereocenters. The summed E-state index contributed by atoms with van der Waals surface area (Å²) >= 11 is 0. The number of carbonyl (C=O) groups is 1. The highest BCUT2D eigenvalue weighted by Gasteiger charge is 2.30. The molecule has 0 aliphatic carbocycles. The number of piperidine rings is 1. The molecule has 1 amide bonds. The topological polar surface area (TPSA) is 60.2 Å². The van der Waals surface area contributed by atoms with Crippen LogP contribution in [-0.4, -0.2) is 46.0 Å². The van der Waals surface area contributed by atoms with E-state index in [1.807, 2.05) is 17.0 Å². The van der Waals surface area contributed by atoms with Gasteiger partial charge in [-0.25, -0.2) is 4.68 Å². The summed E-state index contributed by atoms with van der Waals surface area (Å²) in [4.78, 5) is 14.8.